The van der Waals surface area contributed by atoms with Gasteiger partial charge in [0.25, 0.3) is 0 Å². The van der Waals surface area contributed by atoms with Crippen LogP contribution in [-0.2, 0) is 0 Å². The number of nitrogens with zero attached hydrogens (tertiary/aromatic N) is 2. The van der Waals surface area contributed by atoms with Gasteiger partial charge in [0.15, 0.2) is 0 Å². The summed E-state index contributed by atoms with van der Waals surface area (Å²) in [6, 6.07) is 1.91. The van der Waals surface area contributed by atoms with E-state index in [9.17, 15) is 0 Å². The van der Waals surface area contributed by atoms with Gasteiger partial charge in [0.05, 0.1) is 0 Å². The number of hydrogen-bond acceptors (Lipinski definition) is 3. The van der Waals surface area contributed by atoms with E-state index < -0.39 is 0 Å². The van der Waals surface area contributed by atoms with Crippen LogP contribution < -0.4 is 5.73 Å². The highest BCUT2D eigenvalue weighted by Gasteiger charge is 1.98. The summed E-state index contributed by atoms with van der Waals surface area (Å²) in [7, 11) is 1.71. The standard InChI is InChI=1S/C8H11N3/c1-6-3-4-11-8(9)7(6)5-10-2/h3-5H,1-2H3,(H2,9,11). The number of hydrogen-bond donors (Lipinski definition) is 1. The molecule has 1 aromatic heterocycles. The lowest BCUT2D eigenvalue weighted by Crippen LogP contribution is -1.98. The van der Waals surface area contributed by atoms with E-state index in [1.54, 1.807) is 19.5 Å². The Kier molecular flexibility index (Phi) is 2.21. The highest BCUT2D eigenvalue weighted by molar-refractivity contribution is 5.87. The van der Waals surface area contributed by atoms with Crippen molar-refractivity contribution in [1.29, 1.82) is 0 Å². The Hall–Kier alpha value is -1.38. The Labute approximate surface area is 66.0 Å². The van der Waals surface area contributed by atoms with Gasteiger partial charge in [-0.2, -0.15) is 0 Å². The molecule has 1 rings (SSSR count). The van der Waals surface area contributed by atoms with Crippen LogP contribution in [-0.4, -0.2) is 18.2 Å². The highest BCUT2D eigenvalue weighted by Crippen LogP contribution is 2.09. The van der Waals surface area contributed by atoms with Crippen molar-refractivity contribution in [3.05, 3.63) is 23.4 Å². The molecular formula is C8H11N3. The van der Waals surface area contributed by atoms with Crippen LogP contribution in [0.2, 0.25) is 0 Å². The molecule has 1 heterocycles. The zero-order chi connectivity index (χ0) is 8.27. The van der Waals surface area contributed by atoms with Crippen LogP contribution in [0.3, 0.4) is 0 Å². The molecule has 0 saturated carbocycles. The van der Waals surface area contributed by atoms with Crippen molar-refractivity contribution < 1.29 is 0 Å². The van der Waals surface area contributed by atoms with Crippen LogP contribution in [0.1, 0.15) is 11.1 Å². The van der Waals surface area contributed by atoms with Crippen molar-refractivity contribution in [3.63, 3.8) is 0 Å². The second kappa shape index (κ2) is 3.14. The van der Waals surface area contributed by atoms with Crippen LogP contribution in [0.5, 0.6) is 0 Å². The van der Waals surface area contributed by atoms with Crippen molar-refractivity contribution in [2.24, 2.45) is 4.99 Å². The monoisotopic (exact) mass is 149 g/mol. The first kappa shape index (κ1) is 7.72. The van der Waals surface area contributed by atoms with Gasteiger partial charge in [-0.25, -0.2) is 4.98 Å². The van der Waals surface area contributed by atoms with Gasteiger partial charge in [0.1, 0.15) is 5.82 Å². The normalized spacial score (nSPS) is 10.7. The summed E-state index contributed by atoms with van der Waals surface area (Å²) < 4.78 is 0. The summed E-state index contributed by atoms with van der Waals surface area (Å²) in [5.74, 6) is 0.538. The molecule has 58 valence electrons. The average Bonchev–Trinajstić information content (AvgIpc) is 1.97. The minimum Gasteiger partial charge on any atom is -0.383 e. The summed E-state index contributed by atoms with van der Waals surface area (Å²) in [5, 5.41) is 0. The molecule has 11 heavy (non-hydrogen) atoms. The third-order valence-corrected chi connectivity index (χ3v) is 1.50. The quantitative estimate of drug-likeness (QED) is 0.606. The molecular weight excluding hydrogens is 138 g/mol. The lowest BCUT2D eigenvalue weighted by atomic mass is 10.1. The molecule has 1 aromatic rings. The number of pyridine rings is 1. The number of nitrogen functional groups attached to an aromatic ring is 1. The minimum atomic E-state index is 0.538. The number of nitrogens with two attached hydrogens (primary N) is 1. The van der Waals surface area contributed by atoms with Crippen molar-refractivity contribution in [3.8, 4) is 0 Å². The van der Waals surface area contributed by atoms with Crippen molar-refractivity contribution in [2.45, 2.75) is 6.92 Å². The Morgan fingerprint density at radius 2 is 2.36 bits per heavy atom. The van der Waals surface area contributed by atoms with Crippen molar-refractivity contribution >= 4 is 12.0 Å². The van der Waals surface area contributed by atoms with Crippen LogP contribution in [0, 0.1) is 6.92 Å². The zero-order valence-electron chi connectivity index (χ0n) is 6.70. The van der Waals surface area contributed by atoms with E-state index in [2.05, 4.69) is 9.98 Å². The van der Waals surface area contributed by atoms with Gasteiger partial charge in [-0.1, -0.05) is 0 Å². The maximum atomic E-state index is 5.61. The Balaban J connectivity index is 3.20. The molecule has 2 N–H and O–H groups in total. The van der Waals surface area contributed by atoms with Gasteiger partial charge in [-0.15, -0.1) is 0 Å². The van der Waals surface area contributed by atoms with Gasteiger partial charge >= 0.3 is 0 Å². The Morgan fingerprint density at radius 1 is 1.64 bits per heavy atom. The van der Waals surface area contributed by atoms with Gasteiger partial charge in [0, 0.05) is 25.0 Å². The van der Waals surface area contributed by atoms with Crippen molar-refractivity contribution in [1.82, 2.24) is 4.98 Å². The summed E-state index contributed by atoms with van der Waals surface area (Å²) in [5.41, 5.74) is 7.62. The molecule has 0 saturated heterocycles. The molecule has 0 fully saturated rings. The second-order valence-electron chi connectivity index (χ2n) is 2.31. The number of anilines is 1. The molecule has 3 heteroatoms. The third kappa shape index (κ3) is 1.55. The first-order valence-electron chi connectivity index (χ1n) is 3.39. The Morgan fingerprint density at radius 3 is 2.91 bits per heavy atom. The van der Waals surface area contributed by atoms with Crippen LogP contribution in [0.15, 0.2) is 17.3 Å². The molecule has 0 aliphatic heterocycles. The van der Waals surface area contributed by atoms with E-state index in [-0.39, 0.29) is 0 Å². The first-order valence-corrected chi connectivity index (χ1v) is 3.39. The summed E-state index contributed by atoms with van der Waals surface area (Å²) in [6.07, 6.45) is 3.41. The van der Waals surface area contributed by atoms with Gasteiger partial charge in [-0.3, -0.25) is 4.99 Å². The molecule has 0 bridgehead atoms. The highest BCUT2D eigenvalue weighted by atomic mass is 14.8. The average molecular weight is 149 g/mol. The van der Waals surface area contributed by atoms with Gasteiger partial charge < -0.3 is 5.73 Å². The smallest absolute Gasteiger partial charge is 0.132 e. The zero-order valence-corrected chi connectivity index (χ0v) is 6.70. The largest absolute Gasteiger partial charge is 0.383 e. The van der Waals surface area contributed by atoms with Crippen LogP contribution in [0.25, 0.3) is 0 Å². The number of aliphatic imine (C=N–C) groups is 1. The van der Waals surface area contributed by atoms with Crippen LogP contribution >= 0.6 is 0 Å². The molecule has 0 radical (unpaired) electrons. The summed E-state index contributed by atoms with van der Waals surface area (Å²) in [6.45, 7) is 1.98. The number of aromatic nitrogens is 1. The topological polar surface area (TPSA) is 51.3 Å². The van der Waals surface area contributed by atoms with Gasteiger partial charge in [-0.05, 0) is 18.6 Å². The van der Waals surface area contributed by atoms with Gasteiger partial charge in [0.2, 0.25) is 0 Å². The van der Waals surface area contributed by atoms with E-state index >= 15 is 0 Å². The van der Waals surface area contributed by atoms with E-state index in [0.717, 1.165) is 11.1 Å². The first-order chi connectivity index (χ1) is 5.25. The lowest BCUT2D eigenvalue weighted by Gasteiger charge is -2.00. The van der Waals surface area contributed by atoms with Crippen LogP contribution in [0.4, 0.5) is 5.82 Å². The van der Waals surface area contributed by atoms with Crippen molar-refractivity contribution in [2.75, 3.05) is 12.8 Å². The maximum Gasteiger partial charge on any atom is 0.132 e. The minimum absolute atomic E-state index is 0.538. The molecule has 0 spiro atoms. The lowest BCUT2D eigenvalue weighted by molar-refractivity contribution is 1.28. The fourth-order valence-electron chi connectivity index (χ4n) is 0.888. The second-order valence-corrected chi connectivity index (χ2v) is 2.31. The summed E-state index contributed by atoms with van der Waals surface area (Å²) in [4.78, 5) is 7.83. The number of rotatable bonds is 1. The fourth-order valence-corrected chi connectivity index (χ4v) is 0.888. The predicted molar refractivity (Wildman–Crippen MR) is 46.9 cm³/mol. The third-order valence-electron chi connectivity index (χ3n) is 1.50. The molecule has 3 nitrogen and oxygen atoms in total. The SMILES string of the molecule is CN=Cc1c(C)ccnc1N. The predicted octanol–water partition coefficient (Wildman–Crippen LogP) is 1.02. The molecule has 0 aliphatic rings. The maximum absolute atomic E-state index is 5.61. The molecule has 0 aliphatic carbocycles. The molecule has 0 amide bonds. The number of aryl methyl sites for hydroxylation is 1. The van der Waals surface area contributed by atoms with E-state index in [1.165, 1.54) is 0 Å². The molecule has 0 atom stereocenters. The summed E-state index contributed by atoms with van der Waals surface area (Å²) >= 11 is 0. The van der Waals surface area contributed by atoms with E-state index in [4.69, 9.17) is 5.73 Å². The molecule has 0 unspecified atom stereocenters. The van der Waals surface area contributed by atoms with E-state index in [0.29, 0.717) is 5.82 Å². The van der Waals surface area contributed by atoms with E-state index in [1.807, 2.05) is 13.0 Å². The fraction of sp³-hybridized carbons (Fsp3) is 0.250. The molecule has 0 aromatic carbocycles. The Bertz CT molecular complexity index is 258.